The van der Waals surface area contributed by atoms with Crippen molar-refractivity contribution in [3.63, 3.8) is 0 Å². The molecule has 0 amide bonds. The molecule has 1 saturated heterocycles. The number of benzene rings is 1. The second-order valence-corrected chi connectivity index (χ2v) is 5.70. The van der Waals surface area contributed by atoms with Gasteiger partial charge in [0.25, 0.3) is 0 Å². The van der Waals surface area contributed by atoms with Gasteiger partial charge in [-0.3, -0.25) is 0 Å². The minimum atomic E-state index is -0.616. The summed E-state index contributed by atoms with van der Waals surface area (Å²) in [7, 11) is 0. The van der Waals surface area contributed by atoms with Crippen LogP contribution >= 0.6 is 0 Å². The average molecular weight is 307 g/mol. The molecule has 2 unspecified atom stereocenters. The van der Waals surface area contributed by atoms with Crippen LogP contribution < -0.4 is 10.2 Å². The van der Waals surface area contributed by atoms with Crippen molar-refractivity contribution in [1.29, 1.82) is 0 Å². The highest BCUT2D eigenvalue weighted by atomic mass is 19.1. The fourth-order valence-electron chi connectivity index (χ4n) is 2.72. The molecule has 4 nitrogen and oxygen atoms in total. The molecule has 1 fully saturated rings. The Kier molecular flexibility index (Phi) is 4.38. The minimum absolute atomic E-state index is 0.00172. The maximum Gasteiger partial charge on any atom is 0.145 e. The molecule has 0 spiro atoms. The number of nitrogens with one attached hydrogen (secondary N) is 1. The van der Waals surface area contributed by atoms with Crippen LogP contribution in [0.15, 0.2) is 30.5 Å². The highest BCUT2D eigenvalue weighted by Crippen LogP contribution is 2.23. The van der Waals surface area contributed by atoms with Crippen LogP contribution in [0.25, 0.3) is 0 Å². The Hall–Kier alpha value is -1.95. The van der Waals surface area contributed by atoms with Crippen LogP contribution in [0.4, 0.5) is 8.78 Å². The standard InChI is InChI=1S/C16H19F2N3O/c1-11-3-2-4-15(19-11)16-7-8-21(20-16)22-10-12-5-6-13(17)9-14(12)18/h5-9,11,15,19H,2-4,10H2,1H3. The van der Waals surface area contributed by atoms with E-state index in [1.807, 2.05) is 6.07 Å². The Bertz CT molecular complexity index is 644. The molecule has 3 rings (SSSR count). The van der Waals surface area contributed by atoms with Crippen LogP contribution in [0.1, 0.15) is 43.5 Å². The first-order valence-electron chi connectivity index (χ1n) is 7.50. The normalized spacial score (nSPS) is 21.8. The average Bonchev–Trinajstić information content (AvgIpc) is 2.95. The van der Waals surface area contributed by atoms with Gasteiger partial charge in [0.2, 0.25) is 0 Å². The van der Waals surface area contributed by atoms with Gasteiger partial charge in [0.15, 0.2) is 0 Å². The van der Waals surface area contributed by atoms with E-state index in [2.05, 4.69) is 17.3 Å². The summed E-state index contributed by atoms with van der Waals surface area (Å²) >= 11 is 0. The zero-order valence-corrected chi connectivity index (χ0v) is 12.4. The van der Waals surface area contributed by atoms with Crippen molar-refractivity contribution in [1.82, 2.24) is 15.3 Å². The number of rotatable bonds is 4. The highest BCUT2D eigenvalue weighted by molar-refractivity contribution is 5.17. The largest absolute Gasteiger partial charge is 0.392 e. The molecular formula is C16H19F2N3O. The van der Waals surface area contributed by atoms with E-state index in [0.717, 1.165) is 18.2 Å². The zero-order valence-electron chi connectivity index (χ0n) is 12.4. The number of piperidine rings is 1. The van der Waals surface area contributed by atoms with Crippen LogP contribution in [0, 0.1) is 11.6 Å². The molecule has 6 heteroatoms. The van der Waals surface area contributed by atoms with Gasteiger partial charge < -0.3 is 10.2 Å². The van der Waals surface area contributed by atoms with Gasteiger partial charge in [-0.05, 0) is 44.4 Å². The third kappa shape index (κ3) is 3.44. The first kappa shape index (κ1) is 15.0. The summed E-state index contributed by atoms with van der Waals surface area (Å²) in [5.74, 6) is -1.21. The molecule has 0 radical (unpaired) electrons. The second-order valence-electron chi connectivity index (χ2n) is 5.70. The third-order valence-electron chi connectivity index (χ3n) is 3.93. The Morgan fingerprint density at radius 1 is 1.32 bits per heavy atom. The fourth-order valence-corrected chi connectivity index (χ4v) is 2.72. The number of nitrogens with zero attached hydrogens (tertiary/aromatic N) is 2. The summed E-state index contributed by atoms with van der Waals surface area (Å²) in [5.41, 5.74) is 1.22. The minimum Gasteiger partial charge on any atom is -0.392 e. The molecule has 1 aliphatic heterocycles. The van der Waals surface area contributed by atoms with E-state index in [1.165, 1.54) is 29.8 Å². The smallest absolute Gasteiger partial charge is 0.145 e. The molecule has 22 heavy (non-hydrogen) atoms. The van der Waals surface area contributed by atoms with Crippen molar-refractivity contribution in [3.8, 4) is 0 Å². The summed E-state index contributed by atoms with van der Waals surface area (Å²) in [6.07, 6.45) is 5.11. The molecule has 1 aromatic heterocycles. The SMILES string of the molecule is CC1CCCC(c2ccn(OCc3ccc(F)cc3F)n2)N1. The van der Waals surface area contributed by atoms with Gasteiger partial charge >= 0.3 is 0 Å². The second kappa shape index (κ2) is 6.44. The summed E-state index contributed by atoms with van der Waals surface area (Å²) in [6.45, 7) is 2.17. The van der Waals surface area contributed by atoms with E-state index in [1.54, 1.807) is 6.20 Å². The maximum atomic E-state index is 13.5. The van der Waals surface area contributed by atoms with Gasteiger partial charge in [-0.2, -0.15) is 0 Å². The van der Waals surface area contributed by atoms with Gasteiger partial charge in [-0.15, -0.1) is 9.94 Å². The van der Waals surface area contributed by atoms with Gasteiger partial charge in [0, 0.05) is 17.7 Å². The lowest BCUT2D eigenvalue weighted by molar-refractivity contribution is 0.0667. The number of aromatic nitrogens is 2. The monoisotopic (exact) mass is 307 g/mol. The lowest BCUT2D eigenvalue weighted by atomic mass is 9.98. The van der Waals surface area contributed by atoms with Crippen molar-refractivity contribution in [3.05, 3.63) is 53.4 Å². The first-order valence-corrected chi connectivity index (χ1v) is 7.50. The van der Waals surface area contributed by atoms with Crippen molar-refractivity contribution >= 4 is 0 Å². The van der Waals surface area contributed by atoms with Crippen molar-refractivity contribution in [2.75, 3.05) is 0 Å². The molecule has 2 atom stereocenters. The summed E-state index contributed by atoms with van der Waals surface area (Å²) < 4.78 is 26.4. The van der Waals surface area contributed by atoms with E-state index < -0.39 is 11.6 Å². The van der Waals surface area contributed by atoms with Gasteiger partial charge in [0.05, 0.1) is 17.9 Å². The van der Waals surface area contributed by atoms with Crippen LogP contribution in [-0.2, 0) is 6.61 Å². The Balaban J connectivity index is 1.62. The molecule has 0 aliphatic carbocycles. The van der Waals surface area contributed by atoms with Gasteiger partial charge in [-0.1, -0.05) is 0 Å². The molecule has 1 aliphatic rings. The zero-order chi connectivity index (χ0) is 15.5. The van der Waals surface area contributed by atoms with Crippen molar-refractivity contribution < 1.29 is 13.6 Å². The van der Waals surface area contributed by atoms with Gasteiger partial charge in [0.1, 0.15) is 18.2 Å². The quantitative estimate of drug-likeness (QED) is 0.944. The predicted molar refractivity (Wildman–Crippen MR) is 78.1 cm³/mol. The van der Waals surface area contributed by atoms with Crippen molar-refractivity contribution in [2.24, 2.45) is 0 Å². The molecule has 1 N–H and O–H groups in total. The molecule has 2 aromatic rings. The molecule has 1 aromatic carbocycles. The van der Waals surface area contributed by atoms with E-state index in [-0.39, 0.29) is 12.6 Å². The molecular weight excluding hydrogens is 288 g/mol. The Morgan fingerprint density at radius 3 is 2.95 bits per heavy atom. The van der Waals surface area contributed by atoms with E-state index >= 15 is 0 Å². The number of hydrogen-bond acceptors (Lipinski definition) is 3. The highest BCUT2D eigenvalue weighted by Gasteiger charge is 2.21. The fraction of sp³-hybridized carbons (Fsp3) is 0.438. The first-order chi connectivity index (χ1) is 10.6. The predicted octanol–water partition coefficient (Wildman–Crippen LogP) is 2.99. The lowest BCUT2D eigenvalue weighted by Gasteiger charge is -2.27. The molecule has 0 bridgehead atoms. The van der Waals surface area contributed by atoms with Gasteiger partial charge in [-0.25, -0.2) is 8.78 Å². The third-order valence-corrected chi connectivity index (χ3v) is 3.93. The van der Waals surface area contributed by atoms with Crippen LogP contribution in [0.2, 0.25) is 0 Å². The van der Waals surface area contributed by atoms with Crippen LogP contribution in [0.5, 0.6) is 0 Å². The Morgan fingerprint density at radius 2 is 2.18 bits per heavy atom. The number of hydrogen-bond donors (Lipinski definition) is 1. The Labute approximate surface area is 128 Å². The topological polar surface area (TPSA) is 39.1 Å². The van der Waals surface area contributed by atoms with Crippen molar-refractivity contribution in [2.45, 2.75) is 44.9 Å². The van der Waals surface area contributed by atoms with Crippen LogP contribution in [0.3, 0.4) is 0 Å². The summed E-state index contributed by atoms with van der Waals surface area (Å²) in [6, 6.07) is 6.05. The van der Waals surface area contributed by atoms with Crippen LogP contribution in [-0.4, -0.2) is 16.0 Å². The summed E-state index contributed by atoms with van der Waals surface area (Å²) in [5, 5.41) is 7.87. The van der Waals surface area contributed by atoms with E-state index in [9.17, 15) is 8.78 Å². The lowest BCUT2D eigenvalue weighted by Crippen LogP contribution is -2.34. The van der Waals surface area contributed by atoms with E-state index in [4.69, 9.17) is 4.84 Å². The maximum absolute atomic E-state index is 13.5. The molecule has 118 valence electrons. The number of halogens is 2. The molecule has 2 heterocycles. The molecule has 0 saturated carbocycles. The summed E-state index contributed by atoms with van der Waals surface area (Å²) in [4.78, 5) is 6.76. The van der Waals surface area contributed by atoms with E-state index in [0.29, 0.717) is 11.6 Å².